The summed E-state index contributed by atoms with van der Waals surface area (Å²) in [6.45, 7) is 0. The van der Waals surface area contributed by atoms with Crippen LogP contribution in [0.2, 0.25) is 10.0 Å². The first-order valence-electron chi connectivity index (χ1n) is 6.29. The lowest BCUT2D eigenvalue weighted by molar-refractivity contribution is 0.391. The van der Waals surface area contributed by atoms with E-state index in [1.54, 1.807) is 20.3 Å². The highest BCUT2D eigenvalue weighted by atomic mass is 35.5. The maximum absolute atomic E-state index is 6.18. The second-order valence-corrected chi connectivity index (χ2v) is 5.26. The van der Waals surface area contributed by atoms with E-state index in [1.807, 2.05) is 30.3 Å². The van der Waals surface area contributed by atoms with E-state index in [2.05, 4.69) is 0 Å². The number of rotatable bonds is 5. The molecule has 0 aliphatic rings. The Balaban J connectivity index is 2.14. The van der Waals surface area contributed by atoms with Gasteiger partial charge in [0.1, 0.15) is 11.5 Å². The Hall–Kier alpha value is -1.38. The van der Waals surface area contributed by atoms with Crippen molar-refractivity contribution in [1.29, 1.82) is 0 Å². The largest absolute Gasteiger partial charge is 0.497 e. The van der Waals surface area contributed by atoms with Gasteiger partial charge in [-0.05, 0) is 42.2 Å². The van der Waals surface area contributed by atoms with Gasteiger partial charge in [-0.2, -0.15) is 0 Å². The van der Waals surface area contributed by atoms with Gasteiger partial charge >= 0.3 is 0 Å². The highest BCUT2D eigenvalue weighted by Gasteiger charge is 2.07. The van der Waals surface area contributed by atoms with Gasteiger partial charge in [0, 0.05) is 16.1 Å². The van der Waals surface area contributed by atoms with E-state index in [0.717, 1.165) is 35.5 Å². The van der Waals surface area contributed by atoms with Crippen LogP contribution < -0.4 is 9.47 Å². The predicted molar refractivity (Wildman–Crippen MR) is 83.4 cm³/mol. The fourth-order valence-corrected chi connectivity index (χ4v) is 2.56. The molecule has 0 heterocycles. The number of ether oxygens (including phenoxy) is 2. The molecular formula is C16H16Cl2O2. The molecule has 20 heavy (non-hydrogen) atoms. The fourth-order valence-electron chi connectivity index (χ4n) is 2.05. The molecule has 0 aliphatic carbocycles. The van der Waals surface area contributed by atoms with Crippen LogP contribution in [-0.2, 0) is 12.8 Å². The summed E-state index contributed by atoms with van der Waals surface area (Å²) in [5, 5.41) is 1.35. The lowest BCUT2D eigenvalue weighted by atomic mass is 10.0. The molecule has 0 saturated carbocycles. The topological polar surface area (TPSA) is 18.5 Å². The Morgan fingerprint density at radius 2 is 1.55 bits per heavy atom. The smallest absolute Gasteiger partial charge is 0.125 e. The lowest BCUT2D eigenvalue weighted by Gasteiger charge is -2.11. The molecule has 2 aromatic carbocycles. The molecule has 0 aromatic heterocycles. The quantitative estimate of drug-likeness (QED) is 0.790. The average Bonchev–Trinajstić information content (AvgIpc) is 2.46. The first-order valence-corrected chi connectivity index (χ1v) is 7.04. The molecule has 4 heteroatoms. The summed E-state index contributed by atoms with van der Waals surface area (Å²) < 4.78 is 10.6. The van der Waals surface area contributed by atoms with E-state index in [9.17, 15) is 0 Å². The second kappa shape index (κ2) is 6.87. The molecule has 0 fully saturated rings. The monoisotopic (exact) mass is 310 g/mol. The Bertz CT molecular complexity index is 597. The minimum atomic E-state index is 0.653. The van der Waals surface area contributed by atoms with Gasteiger partial charge in [-0.3, -0.25) is 0 Å². The first kappa shape index (κ1) is 15.0. The molecule has 0 bridgehead atoms. The minimum Gasteiger partial charge on any atom is -0.497 e. The van der Waals surface area contributed by atoms with Crippen LogP contribution >= 0.6 is 23.2 Å². The van der Waals surface area contributed by atoms with E-state index >= 15 is 0 Å². The Labute approximate surface area is 129 Å². The Morgan fingerprint density at radius 1 is 0.850 bits per heavy atom. The van der Waals surface area contributed by atoms with E-state index in [4.69, 9.17) is 32.7 Å². The summed E-state index contributed by atoms with van der Waals surface area (Å²) in [6, 6.07) is 11.4. The van der Waals surface area contributed by atoms with Gasteiger partial charge in [-0.25, -0.2) is 0 Å². The maximum Gasteiger partial charge on any atom is 0.125 e. The van der Waals surface area contributed by atoms with Crippen molar-refractivity contribution in [3.8, 4) is 11.5 Å². The number of hydrogen-bond donors (Lipinski definition) is 0. The molecule has 0 saturated heterocycles. The zero-order valence-corrected chi connectivity index (χ0v) is 13.0. The number of benzene rings is 2. The number of hydrogen-bond acceptors (Lipinski definition) is 2. The molecule has 106 valence electrons. The molecule has 0 spiro atoms. The zero-order valence-electron chi connectivity index (χ0n) is 11.5. The van der Waals surface area contributed by atoms with Crippen LogP contribution in [0.1, 0.15) is 11.1 Å². The van der Waals surface area contributed by atoms with Crippen molar-refractivity contribution in [3.05, 3.63) is 57.6 Å². The molecular weight excluding hydrogens is 295 g/mol. The zero-order chi connectivity index (χ0) is 14.5. The van der Waals surface area contributed by atoms with Crippen molar-refractivity contribution in [1.82, 2.24) is 0 Å². The Kier molecular flexibility index (Phi) is 5.16. The third-order valence-corrected chi connectivity index (χ3v) is 3.76. The molecule has 0 amide bonds. The van der Waals surface area contributed by atoms with Gasteiger partial charge in [0.15, 0.2) is 0 Å². The summed E-state index contributed by atoms with van der Waals surface area (Å²) in [5.41, 5.74) is 2.20. The lowest BCUT2D eigenvalue weighted by Crippen LogP contribution is -1.97. The summed E-state index contributed by atoms with van der Waals surface area (Å²) in [4.78, 5) is 0. The van der Waals surface area contributed by atoms with E-state index in [1.165, 1.54) is 0 Å². The van der Waals surface area contributed by atoms with Crippen LogP contribution in [0.3, 0.4) is 0 Å². The van der Waals surface area contributed by atoms with Gasteiger partial charge in [0.25, 0.3) is 0 Å². The number of aryl methyl sites for hydroxylation is 2. The van der Waals surface area contributed by atoms with Crippen LogP contribution in [0.4, 0.5) is 0 Å². The van der Waals surface area contributed by atoms with Crippen molar-refractivity contribution in [3.63, 3.8) is 0 Å². The van der Waals surface area contributed by atoms with Gasteiger partial charge in [0.05, 0.1) is 14.2 Å². The van der Waals surface area contributed by atoms with Crippen LogP contribution in [0.5, 0.6) is 11.5 Å². The Morgan fingerprint density at radius 3 is 2.20 bits per heavy atom. The molecule has 0 unspecified atom stereocenters. The van der Waals surface area contributed by atoms with E-state index < -0.39 is 0 Å². The van der Waals surface area contributed by atoms with Crippen LogP contribution in [-0.4, -0.2) is 14.2 Å². The normalized spacial score (nSPS) is 10.4. The van der Waals surface area contributed by atoms with Crippen LogP contribution in [0.25, 0.3) is 0 Å². The fraction of sp³-hybridized carbons (Fsp3) is 0.250. The summed E-state index contributed by atoms with van der Waals surface area (Å²) in [6.07, 6.45) is 1.67. The number of halogens is 2. The van der Waals surface area contributed by atoms with Crippen molar-refractivity contribution in [2.45, 2.75) is 12.8 Å². The van der Waals surface area contributed by atoms with Gasteiger partial charge in [-0.15, -0.1) is 0 Å². The van der Waals surface area contributed by atoms with Gasteiger partial charge < -0.3 is 9.47 Å². The average molecular weight is 311 g/mol. The minimum absolute atomic E-state index is 0.653. The van der Waals surface area contributed by atoms with Gasteiger partial charge in [0.2, 0.25) is 0 Å². The van der Waals surface area contributed by atoms with E-state index in [-0.39, 0.29) is 0 Å². The SMILES string of the molecule is COc1ccc(CCc2ccc(Cl)cc2Cl)c(OC)c1. The van der Waals surface area contributed by atoms with Gasteiger partial charge in [-0.1, -0.05) is 35.3 Å². The third kappa shape index (κ3) is 3.59. The van der Waals surface area contributed by atoms with Crippen molar-refractivity contribution in [2.24, 2.45) is 0 Å². The molecule has 2 nitrogen and oxygen atoms in total. The molecule has 2 rings (SSSR count). The molecule has 0 aliphatic heterocycles. The first-order chi connectivity index (χ1) is 9.63. The van der Waals surface area contributed by atoms with Crippen molar-refractivity contribution >= 4 is 23.2 Å². The van der Waals surface area contributed by atoms with E-state index in [0.29, 0.717) is 10.0 Å². The summed E-state index contributed by atoms with van der Waals surface area (Å²) in [5.74, 6) is 1.62. The molecule has 0 atom stereocenters. The highest BCUT2D eigenvalue weighted by molar-refractivity contribution is 6.35. The predicted octanol–water partition coefficient (Wildman–Crippen LogP) is 4.80. The second-order valence-electron chi connectivity index (χ2n) is 4.41. The molecule has 0 N–H and O–H groups in total. The van der Waals surface area contributed by atoms with Crippen LogP contribution in [0, 0.1) is 0 Å². The molecule has 0 radical (unpaired) electrons. The summed E-state index contributed by atoms with van der Waals surface area (Å²) in [7, 11) is 3.30. The standard InChI is InChI=1S/C16H16Cl2O2/c1-19-14-8-6-12(16(10-14)20-2)4-3-11-5-7-13(17)9-15(11)18/h5-10H,3-4H2,1-2H3. The van der Waals surface area contributed by atoms with Crippen LogP contribution in [0.15, 0.2) is 36.4 Å². The number of methoxy groups -OCH3 is 2. The maximum atomic E-state index is 6.18. The summed E-state index contributed by atoms with van der Waals surface area (Å²) >= 11 is 12.1. The highest BCUT2D eigenvalue weighted by Crippen LogP contribution is 2.27. The van der Waals surface area contributed by atoms with Crippen molar-refractivity contribution in [2.75, 3.05) is 14.2 Å². The molecule has 2 aromatic rings. The third-order valence-electron chi connectivity index (χ3n) is 3.17. The van der Waals surface area contributed by atoms with Crippen molar-refractivity contribution < 1.29 is 9.47 Å².